The Morgan fingerprint density at radius 2 is 2.12 bits per heavy atom. The lowest BCUT2D eigenvalue weighted by Gasteiger charge is -2.33. The van der Waals surface area contributed by atoms with Crippen molar-refractivity contribution in [3.05, 3.63) is 11.7 Å². The second-order valence-electron chi connectivity index (χ2n) is 6.78. The average molecular weight is 339 g/mol. The van der Waals surface area contributed by atoms with Gasteiger partial charge in [-0.25, -0.2) is 0 Å². The third kappa shape index (κ3) is 5.49. The Hall–Kier alpha value is -1.06. The van der Waals surface area contributed by atoms with E-state index < -0.39 is 0 Å². The number of nitrogens with zero attached hydrogens (tertiary/aromatic N) is 4. The summed E-state index contributed by atoms with van der Waals surface area (Å²) < 4.78 is 10.4. The Balaban J connectivity index is 1.37. The van der Waals surface area contributed by atoms with Crippen molar-refractivity contribution >= 4 is 0 Å². The summed E-state index contributed by atoms with van der Waals surface area (Å²) in [4.78, 5) is 8.89. The van der Waals surface area contributed by atoms with Crippen LogP contribution in [0.4, 0.5) is 0 Å². The minimum absolute atomic E-state index is 0.335. The van der Waals surface area contributed by atoms with Crippen LogP contribution in [-0.4, -0.2) is 89.7 Å². The van der Waals surface area contributed by atoms with E-state index in [0.717, 1.165) is 71.1 Å². The zero-order valence-corrected chi connectivity index (χ0v) is 14.5. The quantitative estimate of drug-likeness (QED) is 0.696. The van der Waals surface area contributed by atoms with E-state index in [-0.39, 0.29) is 6.10 Å². The number of piperidine rings is 1. The summed E-state index contributed by atoms with van der Waals surface area (Å²) in [6.45, 7) is 9.28. The molecule has 0 spiro atoms. The molecular formula is C16H29N5O3. The standard InChI is InChI=1S/C16H29N5O3/c1-13-18-16(19-24-13)12-21-4-2-3-14(10-21)17-9-15(22)11-20-5-7-23-8-6-20/h14-15,17,22H,2-12H2,1H3/t14-,15-/m1/s1. The molecule has 3 rings (SSSR count). The van der Waals surface area contributed by atoms with Gasteiger partial charge in [0.05, 0.1) is 25.9 Å². The first-order valence-corrected chi connectivity index (χ1v) is 8.92. The molecule has 0 amide bonds. The van der Waals surface area contributed by atoms with Crippen LogP contribution in [0.3, 0.4) is 0 Å². The summed E-state index contributed by atoms with van der Waals surface area (Å²) in [5, 5.41) is 17.7. The predicted octanol–water partition coefficient (Wildman–Crippen LogP) is -0.375. The summed E-state index contributed by atoms with van der Waals surface area (Å²) in [5.41, 5.74) is 0. The number of β-amino-alcohol motifs (C(OH)–C–C–N with tert-alkyl or cyclic N) is 1. The number of aromatic nitrogens is 2. The maximum absolute atomic E-state index is 10.2. The zero-order chi connectivity index (χ0) is 16.8. The van der Waals surface area contributed by atoms with Gasteiger partial charge in [0.2, 0.25) is 5.89 Å². The fourth-order valence-electron chi connectivity index (χ4n) is 3.42. The van der Waals surface area contributed by atoms with Crippen LogP contribution in [-0.2, 0) is 11.3 Å². The van der Waals surface area contributed by atoms with Gasteiger partial charge in [0.25, 0.3) is 0 Å². The van der Waals surface area contributed by atoms with E-state index in [2.05, 4.69) is 25.3 Å². The van der Waals surface area contributed by atoms with E-state index in [1.807, 2.05) is 6.92 Å². The lowest BCUT2D eigenvalue weighted by atomic mass is 10.1. The van der Waals surface area contributed by atoms with Gasteiger partial charge in [0.15, 0.2) is 5.82 Å². The second kappa shape index (κ2) is 8.87. The lowest BCUT2D eigenvalue weighted by molar-refractivity contribution is 0.0139. The molecule has 1 aromatic rings. The van der Waals surface area contributed by atoms with E-state index in [1.54, 1.807) is 0 Å². The highest BCUT2D eigenvalue weighted by Gasteiger charge is 2.22. The molecule has 1 aromatic heterocycles. The van der Waals surface area contributed by atoms with Crippen molar-refractivity contribution in [3.8, 4) is 0 Å². The van der Waals surface area contributed by atoms with E-state index in [0.29, 0.717) is 18.5 Å². The normalized spacial score (nSPS) is 25.0. The highest BCUT2D eigenvalue weighted by atomic mass is 16.5. The molecule has 0 unspecified atom stereocenters. The number of likely N-dealkylation sites (tertiary alicyclic amines) is 1. The van der Waals surface area contributed by atoms with Crippen LogP contribution in [0.15, 0.2) is 4.52 Å². The van der Waals surface area contributed by atoms with Gasteiger partial charge in [-0.2, -0.15) is 4.98 Å². The van der Waals surface area contributed by atoms with E-state index >= 15 is 0 Å². The molecule has 136 valence electrons. The van der Waals surface area contributed by atoms with Gasteiger partial charge in [0, 0.05) is 45.7 Å². The van der Waals surface area contributed by atoms with Crippen LogP contribution in [0.25, 0.3) is 0 Å². The topological polar surface area (TPSA) is 86.9 Å². The molecule has 24 heavy (non-hydrogen) atoms. The Bertz CT molecular complexity index is 492. The number of aryl methyl sites for hydroxylation is 1. The van der Waals surface area contributed by atoms with Gasteiger partial charge >= 0.3 is 0 Å². The van der Waals surface area contributed by atoms with Gasteiger partial charge in [-0.1, -0.05) is 5.16 Å². The first-order chi connectivity index (χ1) is 11.7. The number of hydrogen-bond acceptors (Lipinski definition) is 8. The van der Waals surface area contributed by atoms with Gasteiger partial charge in [-0.3, -0.25) is 9.80 Å². The predicted molar refractivity (Wildman–Crippen MR) is 88.6 cm³/mol. The van der Waals surface area contributed by atoms with Crippen LogP contribution < -0.4 is 5.32 Å². The molecule has 8 nitrogen and oxygen atoms in total. The van der Waals surface area contributed by atoms with Gasteiger partial charge in [-0.15, -0.1) is 0 Å². The number of nitrogens with one attached hydrogen (secondary N) is 1. The number of aliphatic hydroxyl groups excluding tert-OH is 1. The Kier molecular flexibility index (Phi) is 6.56. The van der Waals surface area contributed by atoms with Gasteiger partial charge in [0.1, 0.15) is 0 Å². The molecule has 2 atom stereocenters. The lowest BCUT2D eigenvalue weighted by Crippen LogP contribution is -2.49. The highest BCUT2D eigenvalue weighted by Crippen LogP contribution is 2.12. The number of rotatable bonds is 7. The van der Waals surface area contributed by atoms with Crippen molar-refractivity contribution in [1.29, 1.82) is 0 Å². The molecule has 0 aromatic carbocycles. The van der Waals surface area contributed by atoms with Crippen molar-refractivity contribution in [1.82, 2.24) is 25.3 Å². The molecule has 0 aliphatic carbocycles. The third-order valence-electron chi connectivity index (χ3n) is 4.65. The van der Waals surface area contributed by atoms with Crippen molar-refractivity contribution in [2.75, 3.05) is 52.5 Å². The van der Waals surface area contributed by atoms with Crippen molar-refractivity contribution in [3.63, 3.8) is 0 Å². The van der Waals surface area contributed by atoms with Crippen LogP contribution in [0.2, 0.25) is 0 Å². The molecule has 0 saturated carbocycles. The first kappa shape index (κ1) is 17.8. The molecule has 2 aliphatic rings. The van der Waals surface area contributed by atoms with Crippen LogP contribution >= 0.6 is 0 Å². The molecule has 0 bridgehead atoms. The minimum atomic E-state index is -0.335. The van der Waals surface area contributed by atoms with E-state index in [9.17, 15) is 5.11 Å². The van der Waals surface area contributed by atoms with E-state index in [4.69, 9.17) is 9.26 Å². The summed E-state index contributed by atoms with van der Waals surface area (Å²) in [7, 11) is 0. The fourth-order valence-corrected chi connectivity index (χ4v) is 3.42. The number of aliphatic hydroxyl groups is 1. The number of morpholine rings is 1. The molecular weight excluding hydrogens is 310 g/mol. The van der Waals surface area contributed by atoms with E-state index in [1.165, 1.54) is 0 Å². The van der Waals surface area contributed by atoms with Crippen LogP contribution in [0.5, 0.6) is 0 Å². The molecule has 0 radical (unpaired) electrons. The van der Waals surface area contributed by atoms with Crippen LogP contribution in [0.1, 0.15) is 24.6 Å². The van der Waals surface area contributed by atoms with Crippen molar-refractivity contribution in [2.24, 2.45) is 0 Å². The smallest absolute Gasteiger partial charge is 0.223 e. The zero-order valence-electron chi connectivity index (χ0n) is 14.5. The Morgan fingerprint density at radius 3 is 2.88 bits per heavy atom. The highest BCUT2D eigenvalue weighted by molar-refractivity contribution is 4.87. The first-order valence-electron chi connectivity index (χ1n) is 8.92. The minimum Gasteiger partial charge on any atom is -0.390 e. The summed E-state index contributed by atoms with van der Waals surface area (Å²) in [5.74, 6) is 1.36. The molecule has 2 fully saturated rings. The Morgan fingerprint density at radius 1 is 1.29 bits per heavy atom. The maximum atomic E-state index is 10.2. The maximum Gasteiger partial charge on any atom is 0.223 e. The largest absolute Gasteiger partial charge is 0.390 e. The second-order valence-corrected chi connectivity index (χ2v) is 6.78. The number of hydrogen-bond donors (Lipinski definition) is 2. The molecule has 2 N–H and O–H groups in total. The molecule has 2 aliphatic heterocycles. The third-order valence-corrected chi connectivity index (χ3v) is 4.65. The molecule has 2 saturated heterocycles. The SMILES string of the molecule is Cc1nc(CN2CCC[C@@H](NC[C@@H](O)CN3CCOCC3)C2)no1. The Labute approximate surface area is 143 Å². The van der Waals surface area contributed by atoms with Crippen LogP contribution in [0, 0.1) is 6.92 Å². The summed E-state index contributed by atoms with van der Waals surface area (Å²) in [6.07, 6.45) is 1.96. The average Bonchev–Trinajstić information content (AvgIpc) is 2.99. The monoisotopic (exact) mass is 339 g/mol. The van der Waals surface area contributed by atoms with Gasteiger partial charge < -0.3 is 19.7 Å². The summed E-state index contributed by atoms with van der Waals surface area (Å²) >= 11 is 0. The van der Waals surface area contributed by atoms with Gasteiger partial charge in [-0.05, 0) is 19.4 Å². The number of ether oxygens (including phenoxy) is 1. The fraction of sp³-hybridized carbons (Fsp3) is 0.875. The van der Waals surface area contributed by atoms with Crippen molar-refractivity contribution < 1.29 is 14.4 Å². The van der Waals surface area contributed by atoms with Crippen molar-refractivity contribution in [2.45, 2.75) is 38.5 Å². The molecule has 8 heteroatoms. The summed E-state index contributed by atoms with van der Waals surface area (Å²) in [6, 6.07) is 0.408. The molecule has 3 heterocycles.